The van der Waals surface area contributed by atoms with Gasteiger partial charge in [-0.25, -0.2) is 15.0 Å². The van der Waals surface area contributed by atoms with Crippen LogP contribution in [-0.2, 0) is 11.4 Å². The molecule has 0 aliphatic carbocycles. The van der Waals surface area contributed by atoms with Crippen molar-refractivity contribution >= 4 is 5.82 Å². The summed E-state index contributed by atoms with van der Waals surface area (Å²) in [4.78, 5) is 13.0. The van der Waals surface area contributed by atoms with Crippen molar-refractivity contribution in [2.24, 2.45) is 0 Å². The first-order valence-corrected chi connectivity index (χ1v) is 3.90. The Hall–Kier alpha value is -1.20. The quantitative estimate of drug-likeness (QED) is 0.682. The van der Waals surface area contributed by atoms with E-state index in [1.165, 1.54) is 5.06 Å². The minimum Gasteiger partial charge on any atom is -0.388 e. The van der Waals surface area contributed by atoms with Gasteiger partial charge in [-0.15, -0.1) is 0 Å². The van der Waals surface area contributed by atoms with Crippen molar-refractivity contribution in [1.29, 1.82) is 0 Å². The first kappa shape index (κ1) is 9.88. The van der Waals surface area contributed by atoms with E-state index in [0.717, 1.165) is 5.69 Å². The van der Waals surface area contributed by atoms with Crippen molar-refractivity contribution in [2.45, 2.75) is 13.5 Å². The van der Waals surface area contributed by atoms with Gasteiger partial charge < -0.3 is 5.11 Å². The van der Waals surface area contributed by atoms with E-state index in [4.69, 9.17) is 9.94 Å². The van der Waals surface area contributed by atoms with Gasteiger partial charge in [0.25, 0.3) is 0 Å². The van der Waals surface area contributed by atoms with Gasteiger partial charge in [-0.05, 0) is 6.92 Å². The topological polar surface area (TPSA) is 58.5 Å². The highest BCUT2D eigenvalue weighted by Crippen LogP contribution is 2.10. The van der Waals surface area contributed by atoms with E-state index in [0.29, 0.717) is 11.6 Å². The molecule has 1 heterocycles. The van der Waals surface area contributed by atoms with Gasteiger partial charge in [0, 0.05) is 18.8 Å². The standard InChI is InChI=1S/C8H13N3O2/c1-6-4-8(11(2)13-3)10-7(5-12)9-6/h4,12H,5H2,1-3H3. The van der Waals surface area contributed by atoms with E-state index in [9.17, 15) is 0 Å². The zero-order valence-electron chi connectivity index (χ0n) is 7.98. The Kier molecular flexibility index (Phi) is 3.16. The molecule has 0 aliphatic rings. The molecule has 0 spiro atoms. The summed E-state index contributed by atoms with van der Waals surface area (Å²) in [5.41, 5.74) is 0.804. The van der Waals surface area contributed by atoms with Gasteiger partial charge in [0.2, 0.25) is 0 Å². The molecule has 5 nitrogen and oxygen atoms in total. The number of aliphatic hydroxyl groups is 1. The van der Waals surface area contributed by atoms with Crippen LogP contribution >= 0.6 is 0 Å². The molecule has 0 bridgehead atoms. The van der Waals surface area contributed by atoms with Crippen molar-refractivity contribution in [3.8, 4) is 0 Å². The largest absolute Gasteiger partial charge is 0.388 e. The number of hydrogen-bond donors (Lipinski definition) is 1. The fourth-order valence-electron chi connectivity index (χ4n) is 0.938. The number of rotatable bonds is 3. The smallest absolute Gasteiger partial charge is 0.156 e. The van der Waals surface area contributed by atoms with Crippen molar-refractivity contribution < 1.29 is 9.94 Å². The number of anilines is 1. The number of nitrogens with zero attached hydrogens (tertiary/aromatic N) is 3. The molecule has 0 fully saturated rings. The lowest BCUT2D eigenvalue weighted by molar-refractivity contribution is 0.181. The van der Waals surface area contributed by atoms with Crippen molar-refractivity contribution in [1.82, 2.24) is 9.97 Å². The second kappa shape index (κ2) is 4.15. The van der Waals surface area contributed by atoms with Gasteiger partial charge in [0.15, 0.2) is 11.6 Å². The van der Waals surface area contributed by atoms with Crippen LogP contribution in [0.15, 0.2) is 6.07 Å². The van der Waals surface area contributed by atoms with Gasteiger partial charge in [0.05, 0.1) is 7.11 Å². The molecule has 1 rings (SSSR count). The first-order chi connectivity index (χ1) is 6.17. The Labute approximate surface area is 77.0 Å². The van der Waals surface area contributed by atoms with E-state index >= 15 is 0 Å². The molecular weight excluding hydrogens is 170 g/mol. The highest BCUT2D eigenvalue weighted by molar-refractivity contribution is 5.35. The molecule has 13 heavy (non-hydrogen) atoms. The Morgan fingerprint density at radius 2 is 2.23 bits per heavy atom. The molecule has 0 saturated carbocycles. The minimum absolute atomic E-state index is 0.160. The third kappa shape index (κ3) is 2.37. The van der Waals surface area contributed by atoms with Crippen LogP contribution in [-0.4, -0.2) is 29.2 Å². The van der Waals surface area contributed by atoms with Gasteiger partial charge in [-0.2, -0.15) is 0 Å². The molecule has 0 aromatic carbocycles. The van der Waals surface area contributed by atoms with Crippen LogP contribution in [0, 0.1) is 6.92 Å². The molecule has 72 valence electrons. The van der Waals surface area contributed by atoms with Crippen LogP contribution in [0.25, 0.3) is 0 Å². The Morgan fingerprint density at radius 1 is 1.54 bits per heavy atom. The maximum absolute atomic E-state index is 8.86. The van der Waals surface area contributed by atoms with Gasteiger partial charge in [0.1, 0.15) is 6.61 Å². The minimum atomic E-state index is -0.160. The number of hydroxylamine groups is 1. The van der Waals surface area contributed by atoms with Gasteiger partial charge in [-0.3, -0.25) is 4.84 Å². The second-order valence-corrected chi connectivity index (χ2v) is 2.62. The number of aliphatic hydroxyl groups excluding tert-OH is 1. The Bertz CT molecular complexity index is 291. The molecule has 1 N–H and O–H groups in total. The predicted molar refractivity (Wildman–Crippen MR) is 48.1 cm³/mol. The summed E-state index contributed by atoms with van der Waals surface area (Å²) in [6.45, 7) is 1.68. The third-order valence-electron chi connectivity index (χ3n) is 1.62. The van der Waals surface area contributed by atoms with Crippen molar-refractivity contribution in [2.75, 3.05) is 19.2 Å². The van der Waals surface area contributed by atoms with Gasteiger partial charge in [-0.1, -0.05) is 0 Å². The summed E-state index contributed by atoms with van der Waals surface area (Å²) in [5, 5.41) is 10.4. The maximum atomic E-state index is 8.86. The van der Waals surface area contributed by atoms with Crippen LogP contribution < -0.4 is 5.06 Å². The molecule has 0 saturated heterocycles. The maximum Gasteiger partial charge on any atom is 0.156 e. The highest BCUT2D eigenvalue weighted by Gasteiger charge is 2.04. The number of aryl methyl sites for hydroxylation is 1. The zero-order valence-corrected chi connectivity index (χ0v) is 7.98. The molecule has 0 unspecified atom stereocenters. The Morgan fingerprint density at radius 3 is 2.77 bits per heavy atom. The molecule has 0 atom stereocenters. The molecular formula is C8H13N3O2. The lowest BCUT2D eigenvalue weighted by atomic mass is 10.4. The predicted octanol–water partition coefficient (Wildman–Crippen LogP) is 0.275. The number of aromatic nitrogens is 2. The summed E-state index contributed by atoms with van der Waals surface area (Å²) >= 11 is 0. The van der Waals surface area contributed by atoms with Crippen LogP contribution in [0.1, 0.15) is 11.5 Å². The second-order valence-electron chi connectivity index (χ2n) is 2.62. The van der Waals surface area contributed by atoms with Gasteiger partial charge >= 0.3 is 0 Å². The SMILES string of the molecule is CON(C)c1cc(C)nc(CO)n1. The molecule has 0 aliphatic heterocycles. The lowest BCUT2D eigenvalue weighted by Gasteiger charge is -2.15. The molecule has 0 radical (unpaired) electrons. The molecule has 5 heteroatoms. The zero-order chi connectivity index (χ0) is 9.84. The van der Waals surface area contributed by atoms with Crippen LogP contribution in [0.3, 0.4) is 0 Å². The normalized spacial score (nSPS) is 10.2. The summed E-state index contributed by atoms with van der Waals surface area (Å²) < 4.78 is 0. The summed E-state index contributed by atoms with van der Waals surface area (Å²) in [7, 11) is 3.29. The van der Waals surface area contributed by atoms with E-state index in [1.807, 2.05) is 6.92 Å². The van der Waals surface area contributed by atoms with E-state index in [2.05, 4.69) is 9.97 Å². The monoisotopic (exact) mass is 183 g/mol. The van der Waals surface area contributed by atoms with Crippen LogP contribution in [0.2, 0.25) is 0 Å². The summed E-state index contributed by atoms with van der Waals surface area (Å²) in [5.74, 6) is 1.04. The van der Waals surface area contributed by atoms with E-state index in [-0.39, 0.29) is 6.61 Å². The summed E-state index contributed by atoms with van der Waals surface area (Å²) in [6, 6.07) is 1.78. The van der Waals surface area contributed by atoms with E-state index < -0.39 is 0 Å². The lowest BCUT2D eigenvalue weighted by Crippen LogP contribution is -2.17. The average molecular weight is 183 g/mol. The molecule has 1 aromatic rings. The third-order valence-corrected chi connectivity index (χ3v) is 1.62. The fraction of sp³-hybridized carbons (Fsp3) is 0.500. The van der Waals surface area contributed by atoms with E-state index in [1.54, 1.807) is 20.2 Å². The summed E-state index contributed by atoms with van der Waals surface area (Å²) in [6.07, 6.45) is 0. The number of hydrogen-bond acceptors (Lipinski definition) is 5. The van der Waals surface area contributed by atoms with Crippen molar-refractivity contribution in [3.63, 3.8) is 0 Å². The highest BCUT2D eigenvalue weighted by atomic mass is 16.7. The van der Waals surface area contributed by atoms with Crippen LogP contribution in [0.4, 0.5) is 5.82 Å². The van der Waals surface area contributed by atoms with Crippen molar-refractivity contribution in [3.05, 3.63) is 17.6 Å². The average Bonchev–Trinajstić information content (AvgIpc) is 2.15. The Balaban J connectivity index is 3.01. The van der Waals surface area contributed by atoms with Crippen LogP contribution in [0.5, 0.6) is 0 Å². The molecule has 1 aromatic heterocycles. The fourth-order valence-corrected chi connectivity index (χ4v) is 0.938. The molecule has 0 amide bonds. The first-order valence-electron chi connectivity index (χ1n) is 3.90.